The Morgan fingerprint density at radius 3 is 2.38 bits per heavy atom. The molecule has 0 fully saturated rings. The van der Waals surface area contributed by atoms with E-state index in [1.165, 1.54) is 0 Å². The summed E-state index contributed by atoms with van der Waals surface area (Å²) in [7, 11) is 3.67. The van der Waals surface area contributed by atoms with Crippen LogP contribution < -0.4 is 10.6 Å². The molecule has 0 radical (unpaired) electrons. The van der Waals surface area contributed by atoms with Gasteiger partial charge in [-0.05, 0) is 36.1 Å². The van der Waals surface area contributed by atoms with Crippen molar-refractivity contribution in [1.82, 2.24) is 0 Å². The van der Waals surface area contributed by atoms with E-state index in [2.05, 4.69) is 13.8 Å². The zero-order valence-corrected chi connectivity index (χ0v) is 10.5. The van der Waals surface area contributed by atoms with Gasteiger partial charge in [-0.3, -0.25) is 0 Å². The number of nitrogens with two attached hydrogens (primary N) is 1. The van der Waals surface area contributed by atoms with Crippen molar-refractivity contribution in [2.75, 3.05) is 25.5 Å². The van der Waals surface area contributed by atoms with Crippen molar-refractivity contribution in [3.05, 3.63) is 29.6 Å². The molecule has 0 unspecified atom stereocenters. The summed E-state index contributed by atoms with van der Waals surface area (Å²) in [5, 5.41) is 0. The van der Waals surface area contributed by atoms with E-state index in [9.17, 15) is 4.39 Å². The topological polar surface area (TPSA) is 29.3 Å². The second-order valence-electron chi connectivity index (χ2n) is 5.23. The molecule has 16 heavy (non-hydrogen) atoms. The third kappa shape index (κ3) is 3.20. The van der Waals surface area contributed by atoms with Gasteiger partial charge in [0.15, 0.2) is 0 Å². The van der Waals surface area contributed by atoms with Crippen LogP contribution in [0.1, 0.15) is 19.4 Å². The lowest BCUT2D eigenvalue weighted by atomic mass is 9.86. The van der Waals surface area contributed by atoms with E-state index in [4.69, 9.17) is 5.73 Å². The highest BCUT2D eigenvalue weighted by atomic mass is 19.1. The van der Waals surface area contributed by atoms with E-state index in [1.807, 2.05) is 26.2 Å². The van der Waals surface area contributed by atoms with Crippen LogP contribution in [0.2, 0.25) is 0 Å². The molecule has 0 saturated carbocycles. The summed E-state index contributed by atoms with van der Waals surface area (Å²) >= 11 is 0. The maximum absolute atomic E-state index is 13.7. The summed E-state index contributed by atoms with van der Waals surface area (Å²) in [5.41, 5.74) is 7.31. The van der Waals surface area contributed by atoms with Crippen molar-refractivity contribution < 1.29 is 4.39 Å². The van der Waals surface area contributed by atoms with Gasteiger partial charge in [0.05, 0.1) is 5.69 Å². The Balaban J connectivity index is 2.90. The summed E-state index contributed by atoms with van der Waals surface area (Å²) in [4.78, 5) is 1.77. The van der Waals surface area contributed by atoms with Crippen LogP contribution in [0.3, 0.4) is 0 Å². The molecular weight excluding hydrogens is 203 g/mol. The lowest BCUT2D eigenvalue weighted by Crippen LogP contribution is -2.26. The van der Waals surface area contributed by atoms with Gasteiger partial charge in [0.25, 0.3) is 0 Å². The van der Waals surface area contributed by atoms with Crippen molar-refractivity contribution in [1.29, 1.82) is 0 Å². The van der Waals surface area contributed by atoms with E-state index < -0.39 is 0 Å². The molecule has 90 valence electrons. The summed E-state index contributed by atoms with van der Waals surface area (Å²) in [6.07, 6.45) is 0.800. The quantitative estimate of drug-likeness (QED) is 0.851. The molecule has 1 aromatic carbocycles. The molecule has 0 aliphatic rings. The standard InChI is InChI=1S/C13H21FN2/c1-13(2,9-15)8-10-5-6-12(16(3)4)11(14)7-10/h5-7H,8-9,15H2,1-4H3. The second-order valence-corrected chi connectivity index (χ2v) is 5.23. The van der Waals surface area contributed by atoms with Crippen molar-refractivity contribution in [2.45, 2.75) is 20.3 Å². The molecule has 0 spiro atoms. The molecule has 0 bridgehead atoms. The summed E-state index contributed by atoms with van der Waals surface area (Å²) in [6, 6.07) is 5.39. The van der Waals surface area contributed by atoms with E-state index in [0.717, 1.165) is 12.0 Å². The Bertz CT molecular complexity index is 359. The first-order chi connectivity index (χ1) is 7.35. The number of anilines is 1. The molecule has 0 aromatic heterocycles. The minimum absolute atomic E-state index is 0.0199. The van der Waals surface area contributed by atoms with Crippen LogP contribution in [0, 0.1) is 11.2 Å². The normalized spacial score (nSPS) is 11.6. The molecule has 0 atom stereocenters. The number of rotatable bonds is 4. The van der Waals surface area contributed by atoms with Gasteiger partial charge in [-0.2, -0.15) is 0 Å². The first-order valence-electron chi connectivity index (χ1n) is 5.51. The van der Waals surface area contributed by atoms with E-state index in [-0.39, 0.29) is 11.2 Å². The molecule has 2 N–H and O–H groups in total. The Morgan fingerprint density at radius 1 is 1.31 bits per heavy atom. The molecule has 0 aliphatic heterocycles. The van der Waals surface area contributed by atoms with Gasteiger partial charge in [-0.1, -0.05) is 19.9 Å². The summed E-state index contributed by atoms with van der Waals surface area (Å²) < 4.78 is 13.7. The van der Waals surface area contributed by atoms with Crippen LogP contribution >= 0.6 is 0 Å². The highest BCUT2D eigenvalue weighted by molar-refractivity contribution is 5.47. The maximum atomic E-state index is 13.7. The predicted molar refractivity (Wildman–Crippen MR) is 67.3 cm³/mol. The van der Waals surface area contributed by atoms with Gasteiger partial charge in [0.2, 0.25) is 0 Å². The molecule has 0 heterocycles. The van der Waals surface area contributed by atoms with E-state index in [0.29, 0.717) is 12.2 Å². The van der Waals surface area contributed by atoms with Gasteiger partial charge >= 0.3 is 0 Å². The fourth-order valence-electron chi connectivity index (χ4n) is 1.65. The van der Waals surface area contributed by atoms with E-state index >= 15 is 0 Å². The first-order valence-corrected chi connectivity index (χ1v) is 5.51. The van der Waals surface area contributed by atoms with Gasteiger partial charge < -0.3 is 10.6 Å². The molecule has 0 aliphatic carbocycles. The van der Waals surface area contributed by atoms with Crippen molar-refractivity contribution in [3.8, 4) is 0 Å². The largest absolute Gasteiger partial charge is 0.375 e. The van der Waals surface area contributed by atoms with Crippen molar-refractivity contribution >= 4 is 5.69 Å². The monoisotopic (exact) mass is 224 g/mol. The van der Waals surface area contributed by atoms with Crippen LogP contribution in [0.15, 0.2) is 18.2 Å². The third-order valence-corrected chi connectivity index (χ3v) is 2.73. The Kier molecular flexibility index (Phi) is 3.92. The van der Waals surface area contributed by atoms with Crippen molar-refractivity contribution in [2.24, 2.45) is 11.1 Å². The zero-order valence-electron chi connectivity index (χ0n) is 10.5. The van der Waals surface area contributed by atoms with Crippen LogP contribution in [0.4, 0.5) is 10.1 Å². The average molecular weight is 224 g/mol. The fourth-order valence-corrected chi connectivity index (χ4v) is 1.65. The van der Waals surface area contributed by atoms with Crippen LogP contribution in [-0.2, 0) is 6.42 Å². The zero-order chi connectivity index (χ0) is 12.3. The predicted octanol–water partition coefficient (Wildman–Crippen LogP) is 2.42. The second kappa shape index (κ2) is 4.83. The van der Waals surface area contributed by atoms with Gasteiger partial charge in [0, 0.05) is 14.1 Å². The molecule has 3 heteroatoms. The Morgan fingerprint density at radius 2 is 1.94 bits per heavy atom. The minimum Gasteiger partial charge on any atom is -0.375 e. The Hall–Kier alpha value is -1.09. The fraction of sp³-hybridized carbons (Fsp3) is 0.538. The Labute approximate surface area is 97.3 Å². The summed E-state index contributed by atoms with van der Waals surface area (Å²) in [5.74, 6) is -0.171. The molecule has 1 rings (SSSR count). The van der Waals surface area contributed by atoms with Crippen LogP contribution in [0.25, 0.3) is 0 Å². The maximum Gasteiger partial charge on any atom is 0.146 e. The van der Waals surface area contributed by atoms with Gasteiger partial charge in [-0.25, -0.2) is 4.39 Å². The molecule has 0 amide bonds. The van der Waals surface area contributed by atoms with Crippen molar-refractivity contribution in [3.63, 3.8) is 0 Å². The lowest BCUT2D eigenvalue weighted by Gasteiger charge is -2.23. The molecular formula is C13H21FN2. The molecule has 1 aromatic rings. The summed E-state index contributed by atoms with van der Waals surface area (Å²) in [6.45, 7) is 4.78. The number of hydrogen-bond donors (Lipinski definition) is 1. The lowest BCUT2D eigenvalue weighted by molar-refractivity contribution is 0.376. The number of benzene rings is 1. The molecule has 2 nitrogen and oxygen atoms in total. The number of hydrogen-bond acceptors (Lipinski definition) is 2. The average Bonchev–Trinajstić information content (AvgIpc) is 2.16. The van der Waals surface area contributed by atoms with Crippen LogP contribution in [0.5, 0.6) is 0 Å². The minimum atomic E-state index is -0.171. The first kappa shape index (κ1) is 13.0. The number of nitrogens with zero attached hydrogens (tertiary/aromatic N) is 1. The van der Waals surface area contributed by atoms with Gasteiger partial charge in [-0.15, -0.1) is 0 Å². The smallest absolute Gasteiger partial charge is 0.146 e. The van der Waals surface area contributed by atoms with Gasteiger partial charge in [0.1, 0.15) is 5.82 Å². The highest BCUT2D eigenvalue weighted by Crippen LogP contribution is 2.24. The SMILES string of the molecule is CN(C)c1ccc(CC(C)(C)CN)cc1F. The van der Waals surface area contributed by atoms with E-state index in [1.54, 1.807) is 11.0 Å². The molecule has 0 saturated heterocycles. The third-order valence-electron chi connectivity index (χ3n) is 2.73. The number of halogens is 1. The van der Waals surface area contributed by atoms with Crippen LogP contribution in [-0.4, -0.2) is 20.6 Å². The highest BCUT2D eigenvalue weighted by Gasteiger charge is 2.17.